The monoisotopic (exact) mass is 373 g/mol. The predicted octanol–water partition coefficient (Wildman–Crippen LogP) is 4.38. The van der Waals surface area contributed by atoms with Crippen LogP contribution in [0, 0.1) is 0 Å². The summed E-state index contributed by atoms with van der Waals surface area (Å²) < 4.78 is 5.47. The largest absolute Gasteiger partial charge is 0.462 e. The molecule has 0 atom stereocenters. The van der Waals surface area contributed by atoms with E-state index in [9.17, 15) is 14.4 Å². The Morgan fingerprint density at radius 3 is 2.62 bits per heavy atom. The van der Waals surface area contributed by atoms with Crippen molar-refractivity contribution in [1.29, 1.82) is 0 Å². The molecule has 6 heteroatoms. The lowest BCUT2D eigenvalue weighted by molar-refractivity contribution is -0.150. The van der Waals surface area contributed by atoms with Gasteiger partial charge < -0.3 is 4.74 Å². The van der Waals surface area contributed by atoms with Crippen LogP contribution in [0.4, 0.5) is 4.79 Å². The summed E-state index contributed by atoms with van der Waals surface area (Å²) in [5, 5.41) is -0.280. The second kappa shape index (κ2) is 9.03. The number of hydrogen-bond donors (Lipinski definition) is 0. The number of ether oxygens (including phenoxy) is 1. The maximum Gasteiger partial charge on any atom is 0.306 e. The molecular formula is C20H23NO4S. The molecule has 26 heavy (non-hydrogen) atoms. The van der Waals surface area contributed by atoms with Crippen LogP contribution in [0.3, 0.4) is 0 Å². The topological polar surface area (TPSA) is 63.7 Å². The molecule has 0 spiro atoms. The Balaban J connectivity index is 1.47. The number of esters is 1. The van der Waals surface area contributed by atoms with E-state index in [1.807, 2.05) is 30.3 Å². The number of imide groups is 1. The summed E-state index contributed by atoms with van der Waals surface area (Å²) in [5.41, 5.74) is 0.883. The molecule has 2 fully saturated rings. The molecule has 1 aromatic rings. The minimum atomic E-state index is -0.287. The molecule has 0 unspecified atom stereocenters. The second-order valence-electron chi connectivity index (χ2n) is 6.60. The van der Waals surface area contributed by atoms with Crippen molar-refractivity contribution in [2.24, 2.45) is 0 Å². The van der Waals surface area contributed by atoms with E-state index in [0.29, 0.717) is 11.3 Å². The van der Waals surface area contributed by atoms with E-state index in [1.165, 1.54) is 11.3 Å². The molecule has 2 aliphatic rings. The molecular weight excluding hydrogens is 350 g/mol. The first-order valence-corrected chi connectivity index (χ1v) is 9.95. The van der Waals surface area contributed by atoms with Crippen LogP contribution in [-0.4, -0.2) is 34.7 Å². The number of thioether (sulfide) groups is 1. The number of benzene rings is 1. The molecule has 0 radical (unpaired) electrons. The Labute approximate surface area is 157 Å². The molecule has 0 N–H and O–H groups in total. The number of carbonyl (C=O) groups excluding carboxylic acids is 3. The van der Waals surface area contributed by atoms with Gasteiger partial charge in [-0.15, -0.1) is 0 Å². The minimum Gasteiger partial charge on any atom is -0.462 e. The van der Waals surface area contributed by atoms with Crippen molar-refractivity contribution >= 4 is 35.0 Å². The Hall–Kier alpha value is -2.08. The maximum atomic E-state index is 12.4. The summed E-state index contributed by atoms with van der Waals surface area (Å²) in [6.45, 7) is 0.247. The van der Waals surface area contributed by atoms with Gasteiger partial charge in [-0.2, -0.15) is 0 Å². The maximum absolute atomic E-state index is 12.4. The molecule has 0 bridgehead atoms. The summed E-state index contributed by atoms with van der Waals surface area (Å²) in [7, 11) is 0. The summed E-state index contributed by atoms with van der Waals surface area (Å²) in [6, 6.07) is 9.43. The zero-order valence-electron chi connectivity index (χ0n) is 14.7. The molecule has 0 aromatic heterocycles. The molecule has 1 saturated heterocycles. The number of hydrogen-bond acceptors (Lipinski definition) is 5. The van der Waals surface area contributed by atoms with Crippen molar-refractivity contribution in [2.75, 3.05) is 6.54 Å². The van der Waals surface area contributed by atoms with Crippen LogP contribution in [0.2, 0.25) is 0 Å². The predicted molar refractivity (Wildman–Crippen MR) is 101 cm³/mol. The average molecular weight is 373 g/mol. The van der Waals surface area contributed by atoms with E-state index in [2.05, 4.69) is 0 Å². The fourth-order valence-electron chi connectivity index (χ4n) is 3.20. The van der Waals surface area contributed by atoms with Gasteiger partial charge in [-0.25, -0.2) is 0 Å². The Morgan fingerprint density at radius 1 is 1.15 bits per heavy atom. The highest BCUT2D eigenvalue weighted by Crippen LogP contribution is 2.32. The molecule has 1 aliphatic heterocycles. The number of amides is 2. The standard InChI is InChI=1S/C20H23NO4S/c22-18(25-16-10-5-2-6-11-16)12-7-13-21-19(23)17(26-20(21)24)14-15-8-3-1-4-9-15/h1,3-4,8-9,14,16H,2,5-7,10-13H2/b17-14-. The van der Waals surface area contributed by atoms with Gasteiger partial charge in [0.2, 0.25) is 0 Å². The number of nitrogens with zero attached hydrogens (tertiary/aromatic N) is 1. The molecule has 3 rings (SSSR count). The lowest BCUT2D eigenvalue weighted by atomic mass is 9.98. The first kappa shape index (κ1) is 18.7. The highest BCUT2D eigenvalue weighted by molar-refractivity contribution is 8.18. The van der Waals surface area contributed by atoms with Gasteiger partial charge in [0, 0.05) is 13.0 Å². The molecule has 2 amide bonds. The zero-order chi connectivity index (χ0) is 18.4. The van der Waals surface area contributed by atoms with Crippen LogP contribution in [0.25, 0.3) is 6.08 Å². The van der Waals surface area contributed by atoms with Crippen LogP contribution >= 0.6 is 11.8 Å². The van der Waals surface area contributed by atoms with Crippen LogP contribution in [0.15, 0.2) is 35.2 Å². The Bertz CT molecular complexity index is 695. The SMILES string of the molecule is O=C(CCCN1C(=O)S/C(=C\c2ccccc2)C1=O)OC1CCCCC1. The van der Waals surface area contributed by atoms with Gasteiger partial charge in [-0.1, -0.05) is 36.8 Å². The quantitative estimate of drug-likeness (QED) is 0.547. The third-order valence-electron chi connectivity index (χ3n) is 4.58. The van der Waals surface area contributed by atoms with Gasteiger partial charge in [0.1, 0.15) is 6.10 Å². The molecule has 1 saturated carbocycles. The summed E-state index contributed by atoms with van der Waals surface area (Å²) in [5.74, 6) is -0.520. The number of rotatable bonds is 6. The van der Waals surface area contributed by atoms with E-state index in [1.54, 1.807) is 6.08 Å². The summed E-state index contributed by atoms with van der Waals surface area (Å²) >= 11 is 0.946. The fraction of sp³-hybridized carbons (Fsp3) is 0.450. The fourth-order valence-corrected chi connectivity index (χ4v) is 4.07. The number of carbonyl (C=O) groups is 3. The van der Waals surface area contributed by atoms with E-state index < -0.39 is 0 Å². The molecule has 1 aliphatic carbocycles. The molecule has 5 nitrogen and oxygen atoms in total. The van der Waals surface area contributed by atoms with Crippen LogP contribution in [-0.2, 0) is 14.3 Å². The van der Waals surface area contributed by atoms with Crippen molar-refractivity contribution in [3.63, 3.8) is 0 Å². The van der Waals surface area contributed by atoms with Gasteiger partial charge in [0.05, 0.1) is 4.91 Å². The van der Waals surface area contributed by atoms with Crippen molar-refractivity contribution in [1.82, 2.24) is 4.90 Å². The second-order valence-corrected chi connectivity index (χ2v) is 7.59. The summed E-state index contributed by atoms with van der Waals surface area (Å²) in [4.78, 5) is 38.1. The van der Waals surface area contributed by atoms with Gasteiger partial charge in [-0.3, -0.25) is 19.3 Å². The third-order valence-corrected chi connectivity index (χ3v) is 5.49. The van der Waals surface area contributed by atoms with Crippen LogP contribution in [0.1, 0.15) is 50.5 Å². The van der Waals surface area contributed by atoms with Crippen molar-refractivity contribution < 1.29 is 19.1 Å². The first-order valence-electron chi connectivity index (χ1n) is 9.13. The lowest BCUT2D eigenvalue weighted by Gasteiger charge is -2.22. The van der Waals surface area contributed by atoms with Crippen LogP contribution in [0.5, 0.6) is 0 Å². The molecule has 1 heterocycles. The molecule has 1 aromatic carbocycles. The lowest BCUT2D eigenvalue weighted by Crippen LogP contribution is -2.30. The van der Waals surface area contributed by atoms with E-state index >= 15 is 0 Å². The Kier molecular flexibility index (Phi) is 6.50. The van der Waals surface area contributed by atoms with Crippen molar-refractivity contribution in [2.45, 2.75) is 51.0 Å². The van der Waals surface area contributed by atoms with E-state index in [-0.39, 0.29) is 36.2 Å². The smallest absolute Gasteiger partial charge is 0.306 e. The van der Waals surface area contributed by atoms with Gasteiger partial charge in [0.25, 0.3) is 11.1 Å². The highest BCUT2D eigenvalue weighted by atomic mass is 32.2. The van der Waals surface area contributed by atoms with Crippen molar-refractivity contribution in [3.8, 4) is 0 Å². The average Bonchev–Trinajstić information content (AvgIpc) is 2.91. The first-order chi connectivity index (χ1) is 12.6. The van der Waals surface area contributed by atoms with Crippen molar-refractivity contribution in [3.05, 3.63) is 40.8 Å². The molecule has 138 valence electrons. The van der Waals surface area contributed by atoms with E-state index in [0.717, 1.165) is 43.0 Å². The minimum absolute atomic E-state index is 0.0438. The van der Waals surface area contributed by atoms with Gasteiger partial charge >= 0.3 is 5.97 Å². The third kappa shape index (κ3) is 4.97. The van der Waals surface area contributed by atoms with Crippen LogP contribution < -0.4 is 0 Å². The van der Waals surface area contributed by atoms with Gasteiger partial charge in [0.15, 0.2) is 0 Å². The summed E-state index contributed by atoms with van der Waals surface area (Å²) in [6.07, 6.45) is 7.76. The highest BCUT2D eigenvalue weighted by Gasteiger charge is 2.34. The van der Waals surface area contributed by atoms with Gasteiger partial charge in [-0.05, 0) is 55.5 Å². The van der Waals surface area contributed by atoms with E-state index in [4.69, 9.17) is 4.74 Å². The normalized spacial score (nSPS) is 20.0. The Morgan fingerprint density at radius 2 is 1.88 bits per heavy atom. The zero-order valence-corrected chi connectivity index (χ0v) is 15.5.